The van der Waals surface area contributed by atoms with Crippen molar-refractivity contribution in [2.45, 2.75) is 66.2 Å². The Morgan fingerprint density at radius 1 is 1.07 bits per heavy atom. The van der Waals surface area contributed by atoms with Crippen LogP contribution in [0.2, 0.25) is 0 Å². The van der Waals surface area contributed by atoms with Gasteiger partial charge in [-0.1, -0.05) is 46.6 Å². The molecule has 0 spiro atoms. The molecule has 0 N–H and O–H groups in total. The normalized spacial score (nSPS) is 11.6. The third-order valence-corrected chi connectivity index (χ3v) is 5.89. The Balaban J connectivity index is 2.09. The fraction of sp³-hybridized carbons (Fsp3) is 0.522. The summed E-state index contributed by atoms with van der Waals surface area (Å²) in [6.45, 7) is 12.8. The molecular formula is C23H32BrN5. The zero-order valence-corrected chi connectivity index (χ0v) is 19.8. The third kappa shape index (κ3) is 4.80. The molecule has 6 heteroatoms. The lowest BCUT2D eigenvalue weighted by atomic mass is 10.0. The summed E-state index contributed by atoms with van der Waals surface area (Å²) in [6, 6.07) is 6.51. The second-order valence-electron chi connectivity index (χ2n) is 7.94. The van der Waals surface area contributed by atoms with E-state index in [1.165, 1.54) is 18.4 Å². The fourth-order valence-corrected chi connectivity index (χ4v) is 4.07. The first-order valence-electron chi connectivity index (χ1n) is 10.7. The van der Waals surface area contributed by atoms with Crippen LogP contribution in [0.5, 0.6) is 0 Å². The van der Waals surface area contributed by atoms with Crippen LogP contribution in [0.25, 0.3) is 16.9 Å². The first kappa shape index (κ1) is 21.8. The molecule has 1 aromatic carbocycles. The summed E-state index contributed by atoms with van der Waals surface area (Å²) in [5.74, 6) is 2.23. The maximum Gasteiger partial charge on any atom is 0.170 e. The zero-order chi connectivity index (χ0) is 21.0. The van der Waals surface area contributed by atoms with Crippen molar-refractivity contribution in [3.63, 3.8) is 0 Å². The van der Waals surface area contributed by atoms with Crippen molar-refractivity contribution in [1.82, 2.24) is 19.5 Å². The molecule has 0 aliphatic rings. The molecule has 29 heavy (non-hydrogen) atoms. The lowest BCUT2D eigenvalue weighted by Gasteiger charge is -2.24. The van der Waals surface area contributed by atoms with Gasteiger partial charge in [-0.05, 0) is 59.3 Å². The maximum absolute atomic E-state index is 4.80. The van der Waals surface area contributed by atoms with E-state index >= 15 is 0 Å². The van der Waals surface area contributed by atoms with E-state index in [1.54, 1.807) is 0 Å². The van der Waals surface area contributed by atoms with Gasteiger partial charge in [0.15, 0.2) is 17.0 Å². The number of imidazole rings is 1. The number of fused-ring (bicyclic) bond motifs is 1. The predicted molar refractivity (Wildman–Crippen MR) is 125 cm³/mol. The van der Waals surface area contributed by atoms with E-state index in [0.29, 0.717) is 5.92 Å². The van der Waals surface area contributed by atoms with Crippen LogP contribution in [-0.4, -0.2) is 32.6 Å². The monoisotopic (exact) mass is 457 g/mol. The number of benzene rings is 1. The number of nitrogens with zero attached hydrogens (tertiary/aromatic N) is 5. The molecule has 0 fully saturated rings. The molecule has 0 radical (unpaired) electrons. The molecule has 0 unspecified atom stereocenters. The van der Waals surface area contributed by atoms with E-state index in [2.05, 4.69) is 71.3 Å². The quantitative estimate of drug-likeness (QED) is 0.371. The van der Waals surface area contributed by atoms with Crippen molar-refractivity contribution in [3.05, 3.63) is 40.4 Å². The number of halogens is 1. The van der Waals surface area contributed by atoms with Crippen molar-refractivity contribution in [3.8, 4) is 5.69 Å². The van der Waals surface area contributed by atoms with Gasteiger partial charge in [0.05, 0.1) is 5.69 Å². The number of unbranched alkanes of at least 4 members (excludes halogenated alkanes) is 2. The van der Waals surface area contributed by atoms with Crippen LogP contribution >= 0.6 is 15.9 Å². The number of rotatable bonds is 9. The van der Waals surface area contributed by atoms with Crippen molar-refractivity contribution < 1.29 is 0 Å². The van der Waals surface area contributed by atoms with Gasteiger partial charge in [-0.3, -0.25) is 4.57 Å². The average molecular weight is 458 g/mol. The summed E-state index contributed by atoms with van der Waals surface area (Å²) >= 11 is 3.75. The third-order valence-electron chi connectivity index (χ3n) is 5.25. The molecule has 0 aliphatic carbocycles. The average Bonchev–Trinajstić information content (AvgIpc) is 3.11. The Bertz CT molecular complexity index is 955. The van der Waals surface area contributed by atoms with E-state index in [0.717, 1.165) is 58.9 Å². The van der Waals surface area contributed by atoms with Crippen LogP contribution in [-0.2, 0) is 0 Å². The van der Waals surface area contributed by atoms with Crippen LogP contribution < -0.4 is 4.90 Å². The van der Waals surface area contributed by atoms with Gasteiger partial charge in [-0.2, -0.15) is 0 Å². The van der Waals surface area contributed by atoms with Crippen LogP contribution in [0, 0.1) is 6.92 Å². The van der Waals surface area contributed by atoms with Crippen LogP contribution in [0.4, 0.5) is 5.82 Å². The zero-order valence-electron chi connectivity index (χ0n) is 18.2. The molecule has 0 atom stereocenters. The summed E-state index contributed by atoms with van der Waals surface area (Å²) in [6.07, 6.45) is 6.50. The SMILES string of the molecule is CCCCN(CCCC)c1nc(C)nc2c1ncn2-c1ccc(C(C)C)cc1Br. The molecule has 156 valence electrons. The number of aromatic nitrogens is 4. The molecular weight excluding hydrogens is 426 g/mol. The van der Waals surface area contributed by atoms with E-state index in [-0.39, 0.29) is 0 Å². The molecule has 3 rings (SSSR count). The Labute approximate surface area is 182 Å². The summed E-state index contributed by atoms with van der Waals surface area (Å²) in [7, 11) is 0. The van der Waals surface area contributed by atoms with Gasteiger partial charge in [-0.25, -0.2) is 15.0 Å². The van der Waals surface area contributed by atoms with Gasteiger partial charge < -0.3 is 4.90 Å². The molecule has 0 aliphatic heterocycles. The Morgan fingerprint density at radius 2 is 1.76 bits per heavy atom. The van der Waals surface area contributed by atoms with Crippen LogP contribution in [0.15, 0.2) is 29.0 Å². The topological polar surface area (TPSA) is 46.8 Å². The highest BCUT2D eigenvalue weighted by molar-refractivity contribution is 9.10. The summed E-state index contributed by atoms with van der Waals surface area (Å²) in [4.78, 5) is 16.7. The Morgan fingerprint density at radius 3 is 2.34 bits per heavy atom. The largest absolute Gasteiger partial charge is 0.355 e. The first-order chi connectivity index (χ1) is 14.0. The molecule has 2 heterocycles. The molecule has 5 nitrogen and oxygen atoms in total. The minimum Gasteiger partial charge on any atom is -0.355 e. The van der Waals surface area contributed by atoms with E-state index in [1.807, 2.05) is 13.3 Å². The van der Waals surface area contributed by atoms with E-state index in [4.69, 9.17) is 15.0 Å². The summed E-state index contributed by atoms with van der Waals surface area (Å²) in [5.41, 5.74) is 4.10. The number of anilines is 1. The van der Waals surface area contributed by atoms with E-state index < -0.39 is 0 Å². The van der Waals surface area contributed by atoms with Crippen molar-refractivity contribution in [2.75, 3.05) is 18.0 Å². The smallest absolute Gasteiger partial charge is 0.170 e. The highest BCUT2D eigenvalue weighted by Crippen LogP contribution is 2.30. The highest BCUT2D eigenvalue weighted by Gasteiger charge is 2.19. The van der Waals surface area contributed by atoms with Crippen molar-refractivity contribution in [1.29, 1.82) is 0 Å². The molecule has 2 aromatic heterocycles. The Hall–Kier alpha value is -1.95. The van der Waals surface area contributed by atoms with Crippen LogP contribution in [0.1, 0.15) is 70.7 Å². The van der Waals surface area contributed by atoms with Gasteiger partial charge in [0.25, 0.3) is 0 Å². The lowest BCUT2D eigenvalue weighted by molar-refractivity contribution is 0.671. The standard InChI is InChI=1S/C23H32BrN5/c1-6-8-12-28(13-9-7-2)22-21-23(27-17(5)26-22)29(15-25-21)20-11-10-18(16(3)4)14-19(20)24/h10-11,14-16H,6-9,12-13H2,1-5H3. The van der Waals surface area contributed by atoms with Gasteiger partial charge >= 0.3 is 0 Å². The van der Waals surface area contributed by atoms with E-state index in [9.17, 15) is 0 Å². The number of aryl methyl sites for hydroxylation is 1. The predicted octanol–water partition coefficient (Wildman–Crippen LogP) is 6.42. The lowest BCUT2D eigenvalue weighted by Crippen LogP contribution is -2.27. The second kappa shape index (κ2) is 9.70. The molecule has 0 bridgehead atoms. The van der Waals surface area contributed by atoms with Gasteiger partial charge in [0, 0.05) is 17.6 Å². The summed E-state index contributed by atoms with van der Waals surface area (Å²) < 4.78 is 3.12. The van der Waals surface area contributed by atoms with Crippen LogP contribution in [0.3, 0.4) is 0 Å². The maximum atomic E-state index is 4.80. The first-order valence-corrected chi connectivity index (χ1v) is 11.5. The number of hydrogen-bond acceptors (Lipinski definition) is 4. The molecule has 0 amide bonds. The highest BCUT2D eigenvalue weighted by atomic mass is 79.9. The number of hydrogen-bond donors (Lipinski definition) is 0. The fourth-order valence-electron chi connectivity index (χ4n) is 3.49. The second-order valence-corrected chi connectivity index (χ2v) is 8.80. The summed E-state index contributed by atoms with van der Waals surface area (Å²) in [5, 5.41) is 0. The minimum atomic E-state index is 0.488. The minimum absolute atomic E-state index is 0.488. The van der Waals surface area contributed by atoms with Gasteiger partial charge in [0.2, 0.25) is 0 Å². The van der Waals surface area contributed by atoms with Gasteiger partial charge in [0.1, 0.15) is 12.2 Å². The molecule has 0 saturated heterocycles. The van der Waals surface area contributed by atoms with Crippen molar-refractivity contribution in [2.24, 2.45) is 0 Å². The Kier molecular flexibility index (Phi) is 7.28. The van der Waals surface area contributed by atoms with Gasteiger partial charge in [-0.15, -0.1) is 0 Å². The van der Waals surface area contributed by atoms with Crippen molar-refractivity contribution >= 4 is 32.9 Å². The molecule has 0 saturated carbocycles. The molecule has 3 aromatic rings.